The summed E-state index contributed by atoms with van der Waals surface area (Å²) < 4.78 is 0. The molecule has 0 bridgehead atoms. The van der Waals surface area contributed by atoms with Crippen LogP contribution >= 0.6 is 12.4 Å². The van der Waals surface area contributed by atoms with Crippen molar-refractivity contribution in [3.63, 3.8) is 0 Å². The molecule has 0 spiro atoms. The van der Waals surface area contributed by atoms with Crippen LogP contribution in [0.2, 0.25) is 0 Å². The van der Waals surface area contributed by atoms with E-state index in [0.29, 0.717) is 19.5 Å². The summed E-state index contributed by atoms with van der Waals surface area (Å²) in [7, 11) is 1.83. The van der Waals surface area contributed by atoms with E-state index in [9.17, 15) is 9.59 Å². The Hall–Kier alpha value is -1.59. The SMILES string of the molecule is CNCCC(=O)NCc1cccc(NC(=O)C2CCCCC2)c1.Cl. The van der Waals surface area contributed by atoms with Crippen LogP contribution in [0, 0.1) is 5.92 Å². The van der Waals surface area contributed by atoms with E-state index in [1.165, 1.54) is 6.42 Å². The van der Waals surface area contributed by atoms with Gasteiger partial charge in [-0.2, -0.15) is 0 Å². The summed E-state index contributed by atoms with van der Waals surface area (Å²) >= 11 is 0. The Bertz CT molecular complexity index is 531. The molecule has 1 saturated carbocycles. The molecule has 0 atom stereocenters. The lowest BCUT2D eigenvalue weighted by Gasteiger charge is -2.20. The number of anilines is 1. The third-order valence-electron chi connectivity index (χ3n) is 4.26. The second kappa shape index (κ2) is 11.0. The monoisotopic (exact) mass is 353 g/mol. The smallest absolute Gasteiger partial charge is 0.227 e. The van der Waals surface area contributed by atoms with E-state index in [-0.39, 0.29) is 30.1 Å². The molecule has 0 unspecified atom stereocenters. The summed E-state index contributed by atoms with van der Waals surface area (Å²) in [6.45, 7) is 1.15. The molecule has 1 aliphatic rings. The normalized spacial score (nSPS) is 14.5. The van der Waals surface area contributed by atoms with Gasteiger partial charge < -0.3 is 16.0 Å². The highest BCUT2D eigenvalue weighted by atomic mass is 35.5. The number of hydrogen-bond acceptors (Lipinski definition) is 3. The van der Waals surface area contributed by atoms with Gasteiger partial charge in [-0.1, -0.05) is 31.4 Å². The summed E-state index contributed by atoms with van der Waals surface area (Å²) in [6.07, 6.45) is 5.99. The van der Waals surface area contributed by atoms with Gasteiger partial charge in [-0.15, -0.1) is 12.4 Å². The van der Waals surface area contributed by atoms with Crippen LogP contribution in [0.3, 0.4) is 0 Å². The molecule has 3 N–H and O–H groups in total. The van der Waals surface area contributed by atoms with Gasteiger partial charge in [-0.25, -0.2) is 0 Å². The third-order valence-corrected chi connectivity index (χ3v) is 4.26. The predicted octanol–water partition coefficient (Wildman–Crippen LogP) is 2.85. The molecule has 2 rings (SSSR count). The molecule has 0 saturated heterocycles. The number of halogens is 1. The van der Waals surface area contributed by atoms with Crippen molar-refractivity contribution in [3.8, 4) is 0 Å². The highest BCUT2D eigenvalue weighted by Crippen LogP contribution is 2.25. The van der Waals surface area contributed by atoms with Crippen LogP contribution in [-0.4, -0.2) is 25.4 Å². The van der Waals surface area contributed by atoms with Gasteiger partial charge in [0.1, 0.15) is 0 Å². The fourth-order valence-corrected chi connectivity index (χ4v) is 2.90. The summed E-state index contributed by atoms with van der Waals surface area (Å²) in [6, 6.07) is 7.69. The van der Waals surface area contributed by atoms with Crippen LogP contribution in [0.1, 0.15) is 44.1 Å². The molecule has 1 aliphatic carbocycles. The van der Waals surface area contributed by atoms with Crippen LogP contribution in [0.15, 0.2) is 24.3 Å². The lowest BCUT2D eigenvalue weighted by atomic mass is 9.88. The molecule has 5 nitrogen and oxygen atoms in total. The van der Waals surface area contributed by atoms with Crippen molar-refractivity contribution in [3.05, 3.63) is 29.8 Å². The predicted molar refractivity (Wildman–Crippen MR) is 99.3 cm³/mol. The second-order valence-corrected chi connectivity index (χ2v) is 6.15. The van der Waals surface area contributed by atoms with E-state index >= 15 is 0 Å². The number of benzene rings is 1. The van der Waals surface area contributed by atoms with E-state index in [1.807, 2.05) is 31.3 Å². The van der Waals surface area contributed by atoms with Gasteiger partial charge in [-0.3, -0.25) is 9.59 Å². The van der Waals surface area contributed by atoms with Crippen molar-refractivity contribution in [2.75, 3.05) is 18.9 Å². The van der Waals surface area contributed by atoms with E-state index in [0.717, 1.165) is 36.9 Å². The van der Waals surface area contributed by atoms with E-state index in [1.54, 1.807) is 0 Å². The topological polar surface area (TPSA) is 70.2 Å². The van der Waals surface area contributed by atoms with Gasteiger partial charge in [0.25, 0.3) is 0 Å². The molecule has 1 aromatic carbocycles. The first-order chi connectivity index (χ1) is 11.2. The van der Waals surface area contributed by atoms with Crippen molar-refractivity contribution >= 4 is 29.9 Å². The summed E-state index contributed by atoms with van der Waals surface area (Å²) in [5.74, 6) is 0.296. The lowest BCUT2D eigenvalue weighted by molar-refractivity contribution is -0.121. The Morgan fingerprint density at radius 1 is 1.17 bits per heavy atom. The first kappa shape index (κ1) is 20.5. The van der Waals surface area contributed by atoms with Gasteiger partial charge in [-0.05, 0) is 37.6 Å². The number of nitrogens with one attached hydrogen (secondary N) is 3. The quantitative estimate of drug-likeness (QED) is 0.706. The molecular weight excluding hydrogens is 326 g/mol. The second-order valence-electron chi connectivity index (χ2n) is 6.15. The average Bonchev–Trinajstić information content (AvgIpc) is 2.59. The van der Waals surface area contributed by atoms with E-state index < -0.39 is 0 Å². The maximum atomic E-state index is 12.3. The first-order valence-corrected chi connectivity index (χ1v) is 8.50. The number of amides is 2. The molecule has 0 aliphatic heterocycles. The average molecular weight is 354 g/mol. The molecule has 134 valence electrons. The highest BCUT2D eigenvalue weighted by Gasteiger charge is 2.20. The molecule has 2 amide bonds. The maximum Gasteiger partial charge on any atom is 0.227 e. The molecule has 0 heterocycles. The van der Waals surface area contributed by atoms with E-state index in [4.69, 9.17) is 0 Å². The van der Waals surface area contributed by atoms with Crippen LogP contribution < -0.4 is 16.0 Å². The number of hydrogen-bond donors (Lipinski definition) is 3. The van der Waals surface area contributed by atoms with Gasteiger partial charge in [0.2, 0.25) is 11.8 Å². The Morgan fingerprint density at radius 2 is 1.92 bits per heavy atom. The van der Waals surface area contributed by atoms with E-state index in [2.05, 4.69) is 16.0 Å². The summed E-state index contributed by atoms with van der Waals surface area (Å²) in [5, 5.41) is 8.85. The van der Waals surface area contributed by atoms with Crippen LogP contribution in [0.25, 0.3) is 0 Å². The Labute approximate surface area is 150 Å². The lowest BCUT2D eigenvalue weighted by Crippen LogP contribution is -2.26. The van der Waals surface area contributed by atoms with Crippen LogP contribution in [-0.2, 0) is 16.1 Å². The van der Waals surface area contributed by atoms with Gasteiger partial charge in [0, 0.05) is 31.1 Å². The summed E-state index contributed by atoms with van der Waals surface area (Å²) in [4.78, 5) is 23.9. The Kier molecular flexibility index (Phi) is 9.42. The van der Waals surface area contributed by atoms with Crippen LogP contribution in [0.5, 0.6) is 0 Å². The Balaban J connectivity index is 0.00000288. The largest absolute Gasteiger partial charge is 0.352 e. The molecule has 0 radical (unpaired) electrons. The van der Waals surface area contributed by atoms with Gasteiger partial charge >= 0.3 is 0 Å². The maximum absolute atomic E-state index is 12.3. The zero-order chi connectivity index (χ0) is 16.5. The standard InChI is InChI=1S/C18H27N3O2.ClH/c1-19-11-10-17(22)20-13-14-6-5-9-16(12-14)21-18(23)15-7-3-2-4-8-15;/h5-6,9,12,15,19H,2-4,7-8,10-11,13H2,1H3,(H,20,22)(H,21,23);1H. The molecule has 0 aromatic heterocycles. The van der Waals surface area contributed by atoms with Crippen molar-refractivity contribution in [2.45, 2.75) is 45.1 Å². The summed E-state index contributed by atoms with van der Waals surface area (Å²) in [5.41, 5.74) is 1.80. The molecule has 6 heteroatoms. The Morgan fingerprint density at radius 3 is 2.62 bits per heavy atom. The number of rotatable bonds is 7. The number of carbonyl (C=O) groups excluding carboxylic acids is 2. The van der Waals surface area contributed by atoms with Gasteiger partial charge in [0.15, 0.2) is 0 Å². The minimum Gasteiger partial charge on any atom is -0.352 e. The zero-order valence-corrected chi connectivity index (χ0v) is 15.1. The third kappa shape index (κ3) is 6.89. The molecule has 24 heavy (non-hydrogen) atoms. The number of carbonyl (C=O) groups is 2. The molecule has 1 fully saturated rings. The van der Waals surface area contributed by atoms with Crippen molar-refractivity contribution in [1.82, 2.24) is 10.6 Å². The van der Waals surface area contributed by atoms with Crippen molar-refractivity contribution in [1.29, 1.82) is 0 Å². The fourth-order valence-electron chi connectivity index (χ4n) is 2.90. The van der Waals surface area contributed by atoms with Crippen molar-refractivity contribution in [2.24, 2.45) is 5.92 Å². The minimum absolute atomic E-state index is 0. The first-order valence-electron chi connectivity index (χ1n) is 8.50. The fraction of sp³-hybridized carbons (Fsp3) is 0.556. The van der Waals surface area contributed by atoms with Crippen LogP contribution in [0.4, 0.5) is 5.69 Å². The minimum atomic E-state index is 0. The zero-order valence-electron chi connectivity index (χ0n) is 14.3. The molecular formula is C18H28ClN3O2. The molecule has 1 aromatic rings. The van der Waals surface area contributed by atoms with Gasteiger partial charge in [0.05, 0.1) is 0 Å². The van der Waals surface area contributed by atoms with Crippen molar-refractivity contribution < 1.29 is 9.59 Å². The highest BCUT2D eigenvalue weighted by molar-refractivity contribution is 5.92.